The lowest BCUT2D eigenvalue weighted by molar-refractivity contribution is -0.141. The minimum Gasteiger partial charge on any atom is -0.463 e. The van der Waals surface area contributed by atoms with E-state index < -0.39 is 17.4 Å². The van der Waals surface area contributed by atoms with Gasteiger partial charge in [0.05, 0.1) is 13.2 Å². The van der Waals surface area contributed by atoms with Gasteiger partial charge >= 0.3 is 11.9 Å². The molecule has 0 N–H and O–H groups in total. The van der Waals surface area contributed by atoms with Crippen molar-refractivity contribution in [3.63, 3.8) is 0 Å². The number of Topliss-reactive ketones (excluding diaryl/α,β-unsaturated/α-hetero) is 1. The van der Waals surface area contributed by atoms with Crippen LogP contribution in [-0.4, -0.2) is 30.9 Å². The van der Waals surface area contributed by atoms with E-state index in [0.29, 0.717) is 12.0 Å². The van der Waals surface area contributed by atoms with Crippen molar-refractivity contribution in [1.82, 2.24) is 0 Å². The zero-order valence-electron chi connectivity index (χ0n) is 13.7. The van der Waals surface area contributed by atoms with Crippen LogP contribution in [0.5, 0.6) is 0 Å². The normalized spacial score (nSPS) is 22.1. The fraction of sp³-hybridized carbons (Fsp3) is 0.588. The van der Waals surface area contributed by atoms with Gasteiger partial charge < -0.3 is 9.47 Å². The van der Waals surface area contributed by atoms with Gasteiger partial charge in [0.25, 0.3) is 0 Å². The van der Waals surface area contributed by atoms with Gasteiger partial charge in [0.1, 0.15) is 0 Å². The van der Waals surface area contributed by atoms with Crippen LogP contribution in [0.15, 0.2) is 23.3 Å². The van der Waals surface area contributed by atoms with Crippen molar-refractivity contribution in [2.75, 3.05) is 13.2 Å². The number of esters is 2. The molecule has 0 aromatic carbocycles. The largest absolute Gasteiger partial charge is 0.463 e. The van der Waals surface area contributed by atoms with E-state index >= 15 is 0 Å². The van der Waals surface area contributed by atoms with Crippen LogP contribution in [0.2, 0.25) is 0 Å². The molecule has 1 aliphatic rings. The summed E-state index contributed by atoms with van der Waals surface area (Å²) in [6, 6.07) is 0. The molecule has 0 saturated heterocycles. The summed E-state index contributed by atoms with van der Waals surface area (Å²) < 4.78 is 9.84. The van der Waals surface area contributed by atoms with E-state index in [1.165, 1.54) is 0 Å². The van der Waals surface area contributed by atoms with E-state index in [0.717, 1.165) is 12.5 Å². The topological polar surface area (TPSA) is 69.7 Å². The highest BCUT2D eigenvalue weighted by Gasteiger charge is 2.38. The van der Waals surface area contributed by atoms with E-state index in [-0.39, 0.29) is 31.0 Å². The summed E-state index contributed by atoms with van der Waals surface area (Å²) in [5.74, 6) is -1.15. The molecular weight excluding hydrogens is 284 g/mol. The molecule has 1 rings (SSSR count). The fourth-order valence-corrected chi connectivity index (χ4v) is 2.61. The van der Waals surface area contributed by atoms with Crippen molar-refractivity contribution in [2.45, 2.75) is 47.0 Å². The van der Waals surface area contributed by atoms with Crippen molar-refractivity contribution in [2.24, 2.45) is 5.41 Å². The number of ether oxygens (including phenoxy) is 2. The van der Waals surface area contributed by atoms with E-state index in [1.807, 2.05) is 13.0 Å². The lowest BCUT2D eigenvalue weighted by Gasteiger charge is -2.31. The van der Waals surface area contributed by atoms with Gasteiger partial charge in [-0.3, -0.25) is 4.79 Å². The second-order valence-electron chi connectivity index (χ2n) is 5.63. The molecule has 22 heavy (non-hydrogen) atoms. The lowest BCUT2D eigenvalue weighted by atomic mass is 9.71. The molecule has 0 amide bonds. The maximum absolute atomic E-state index is 12.4. The van der Waals surface area contributed by atoms with E-state index in [2.05, 4.69) is 0 Å². The number of allylic oxidation sites excluding steroid dienone is 2. The van der Waals surface area contributed by atoms with Crippen LogP contribution in [-0.2, 0) is 23.9 Å². The first-order chi connectivity index (χ1) is 10.3. The molecule has 0 spiro atoms. The summed E-state index contributed by atoms with van der Waals surface area (Å²) in [4.78, 5) is 36.1. The average Bonchev–Trinajstić information content (AvgIpc) is 2.44. The number of hydrogen-bond donors (Lipinski definition) is 0. The smallest absolute Gasteiger partial charge is 0.334 e. The van der Waals surface area contributed by atoms with Crippen LogP contribution < -0.4 is 0 Å². The van der Waals surface area contributed by atoms with Gasteiger partial charge in [-0.25, -0.2) is 9.59 Å². The average molecular weight is 308 g/mol. The minimum absolute atomic E-state index is 0.0119. The highest BCUT2D eigenvalue weighted by molar-refractivity contribution is 6.02. The Bertz CT molecular complexity index is 515. The maximum atomic E-state index is 12.4. The van der Waals surface area contributed by atoms with Crippen molar-refractivity contribution in [3.05, 3.63) is 23.3 Å². The predicted octanol–water partition coefficient (Wildman–Crippen LogP) is 2.74. The number of ketones is 1. The molecular formula is C17H24O5. The summed E-state index contributed by atoms with van der Waals surface area (Å²) in [5, 5.41) is 0. The van der Waals surface area contributed by atoms with Crippen molar-refractivity contribution < 1.29 is 23.9 Å². The third kappa shape index (κ3) is 4.55. The lowest BCUT2D eigenvalue weighted by Crippen LogP contribution is -2.33. The Morgan fingerprint density at radius 3 is 2.50 bits per heavy atom. The van der Waals surface area contributed by atoms with E-state index in [9.17, 15) is 14.4 Å². The summed E-state index contributed by atoms with van der Waals surface area (Å²) >= 11 is 0. The zero-order chi connectivity index (χ0) is 16.8. The van der Waals surface area contributed by atoms with Crippen LogP contribution in [0.3, 0.4) is 0 Å². The Balaban J connectivity index is 3.02. The first-order valence-electron chi connectivity index (χ1n) is 7.60. The third-order valence-electron chi connectivity index (χ3n) is 3.75. The van der Waals surface area contributed by atoms with Crippen LogP contribution in [0.25, 0.3) is 0 Å². The minimum atomic E-state index is -0.691. The first-order valence-corrected chi connectivity index (χ1v) is 7.60. The summed E-state index contributed by atoms with van der Waals surface area (Å²) in [6.07, 6.45) is 4.65. The van der Waals surface area contributed by atoms with Crippen molar-refractivity contribution in [1.29, 1.82) is 0 Å². The molecule has 0 saturated carbocycles. The molecule has 5 nitrogen and oxygen atoms in total. The Kier molecular flexibility index (Phi) is 6.53. The second-order valence-corrected chi connectivity index (χ2v) is 5.63. The molecule has 0 heterocycles. The zero-order valence-corrected chi connectivity index (χ0v) is 13.7. The predicted molar refractivity (Wildman–Crippen MR) is 82.1 cm³/mol. The van der Waals surface area contributed by atoms with Crippen LogP contribution in [0, 0.1) is 5.41 Å². The molecule has 0 aromatic rings. The molecule has 0 fully saturated rings. The van der Waals surface area contributed by atoms with Gasteiger partial charge in [-0.05, 0) is 45.6 Å². The van der Waals surface area contributed by atoms with Gasteiger partial charge in [0.15, 0.2) is 5.78 Å². The number of hydrogen-bond acceptors (Lipinski definition) is 5. The van der Waals surface area contributed by atoms with Crippen LogP contribution in [0.1, 0.15) is 47.0 Å². The number of carbonyl (C=O) groups excluding carboxylic acids is 3. The summed E-state index contributed by atoms with van der Waals surface area (Å²) in [6.45, 7) is 7.42. The van der Waals surface area contributed by atoms with E-state index in [4.69, 9.17) is 9.47 Å². The molecule has 5 heteroatoms. The van der Waals surface area contributed by atoms with Crippen LogP contribution in [0.4, 0.5) is 0 Å². The van der Waals surface area contributed by atoms with Crippen LogP contribution >= 0.6 is 0 Å². The molecule has 0 bridgehead atoms. The second kappa shape index (κ2) is 7.92. The van der Waals surface area contributed by atoms with Gasteiger partial charge in [-0.1, -0.05) is 13.0 Å². The third-order valence-corrected chi connectivity index (χ3v) is 3.75. The Labute approximate surface area is 131 Å². The molecule has 0 radical (unpaired) electrons. The molecule has 1 aliphatic carbocycles. The standard InChI is InChI=1S/C17H24O5/c1-5-21-14(18)10-13(16(20)22-6-2)11-17(4)9-7-8-12(3)15(17)19/h8,10H,5-7,9,11H2,1-4H3/b13-10+. The van der Waals surface area contributed by atoms with E-state index in [1.54, 1.807) is 20.8 Å². The Hall–Kier alpha value is -1.91. The number of carbonyl (C=O) groups is 3. The monoisotopic (exact) mass is 308 g/mol. The molecule has 1 unspecified atom stereocenters. The van der Waals surface area contributed by atoms with Crippen molar-refractivity contribution >= 4 is 17.7 Å². The molecule has 1 atom stereocenters. The number of rotatable bonds is 6. The summed E-state index contributed by atoms with van der Waals surface area (Å²) in [7, 11) is 0. The maximum Gasteiger partial charge on any atom is 0.334 e. The Morgan fingerprint density at radius 1 is 1.27 bits per heavy atom. The SMILES string of the molecule is CCOC(=O)/C=C(\CC1(C)CCC=C(C)C1=O)C(=O)OCC. The highest BCUT2D eigenvalue weighted by Crippen LogP contribution is 2.38. The highest BCUT2D eigenvalue weighted by atomic mass is 16.5. The molecule has 0 aromatic heterocycles. The summed E-state index contributed by atoms with van der Waals surface area (Å²) in [5.41, 5.74) is 0.197. The quantitative estimate of drug-likeness (QED) is 0.557. The van der Waals surface area contributed by atoms with Gasteiger partial charge in [-0.2, -0.15) is 0 Å². The Morgan fingerprint density at radius 2 is 1.91 bits per heavy atom. The van der Waals surface area contributed by atoms with Gasteiger partial charge in [0, 0.05) is 17.1 Å². The molecule has 122 valence electrons. The fourth-order valence-electron chi connectivity index (χ4n) is 2.61. The first kappa shape index (κ1) is 18.1. The van der Waals surface area contributed by atoms with Gasteiger partial charge in [0.2, 0.25) is 0 Å². The van der Waals surface area contributed by atoms with Crippen molar-refractivity contribution in [3.8, 4) is 0 Å². The molecule has 0 aliphatic heterocycles. The van der Waals surface area contributed by atoms with Gasteiger partial charge in [-0.15, -0.1) is 0 Å².